The van der Waals surface area contributed by atoms with Gasteiger partial charge in [0, 0.05) is 39.3 Å². The number of aryl methyl sites for hydroxylation is 1. The summed E-state index contributed by atoms with van der Waals surface area (Å²) in [7, 11) is -2.36. The zero-order valence-electron chi connectivity index (χ0n) is 22.9. The number of benzene rings is 3. The molecular formula is C30H35N3O6S. The summed E-state index contributed by atoms with van der Waals surface area (Å²) in [4.78, 5) is 17.6. The maximum absolute atomic E-state index is 13.7. The second-order valence-electron chi connectivity index (χ2n) is 10.1. The number of piperazine rings is 1. The van der Waals surface area contributed by atoms with Crippen LogP contribution >= 0.6 is 0 Å². The standard InChI is InChI=1S/C30H35N3O6S/c1-23-18-26(9-11-27(23)37-2)40(35,36)33(13-12-24-6-4-3-5-7-24)21-30(34)32-16-14-31(15-17-32)20-25-8-10-28-29(19-25)39-22-38-28/h3-11,18-19H,12-17,20-22H2,1-2H3. The number of carbonyl (C=O) groups excluding carboxylic acids is 1. The van der Waals surface area contributed by atoms with Crippen molar-refractivity contribution in [2.24, 2.45) is 0 Å². The zero-order chi connectivity index (χ0) is 28.1. The number of hydrogen-bond acceptors (Lipinski definition) is 7. The normalized spacial score (nSPS) is 15.4. The second-order valence-corrected chi connectivity index (χ2v) is 12.0. The molecule has 2 aliphatic heterocycles. The number of methoxy groups -OCH3 is 1. The van der Waals surface area contributed by atoms with Crippen molar-refractivity contribution in [2.45, 2.75) is 24.8 Å². The molecule has 2 aliphatic rings. The number of amides is 1. The first-order valence-electron chi connectivity index (χ1n) is 13.4. The molecule has 0 unspecified atom stereocenters. The molecule has 3 aromatic carbocycles. The van der Waals surface area contributed by atoms with Crippen molar-refractivity contribution in [2.75, 3.05) is 53.2 Å². The number of sulfonamides is 1. The van der Waals surface area contributed by atoms with Gasteiger partial charge < -0.3 is 19.1 Å². The van der Waals surface area contributed by atoms with Crippen molar-refractivity contribution in [1.29, 1.82) is 0 Å². The largest absolute Gasteiger partial charge is 0.496 e. The Morgan fingerprint density at radius 2 is 1.68 bits per heavy atom. The number of fused-ring (bicyclic) bond motifs is 1. The Bertz CT molecular complexity index is 1440. The monoisotopic (exact) mass is 565 g/mol. The van der Waals surface area contributed by atoms with Crippen LogP contribution in [0.4, 0.5) is 0 Å². The third-order valence-electron chi connectivity index (χ3n) is 7.38. The Morgan fingerprint density at radius 3 is 2.40 bits per heavy atom. The first-order chi connectivity index (χ1) is 19.3. The molecule has 0 radical (unpaired) electrons. The summed E-state index contributed by atoms with van der Waals surface area (Å²) in [5.41, 5.74) is 2.85. The van der Waals surface area contributed by atoms with Gasteiger partial charge in [0.15, 0.2) is 11.5 Å². The molecule has 1 saturated heterocycles. The van der Waals surface area contributed by atoms with E-state index in [1.165, 1.54) is 10.4 Å². The summed E-state index contributed by atoms with van der Waals surface area (Å²) < 4.78 is 45.0. The predicted octanol–water partition coefficient (Wildman–Crippen LogP) is 3.31. The lowest BCUT2D eigenvalue weighted by Crippen LogP contribution is -2.51. The highest BCUT2D eigenvalue weighted by molar-refractivity contribution is 7.89. The Hall–Kier alpha value is -3.60. The van der Waals surface area contributed by atoms with E-state index in [0.29, 0.717) is 38.3 Å². The van der Waals surface area contributed by atoms with Gasteiger partial charge in [0.1, 0.15) is 5.75 Å². The molecule has 0 saturated carbocycles. The molecule has 40 heavy (non-hydrogen) atoms. The highest BCUT2D eigenvalue weighted by Crippen LogP contribution is 2.33. The molecule has 2 heterocycles. The summed E-state index contributed by atoms with van der Waals surface area (Å²) in [5, 5.41) is 0. The second kappa shape index (κ2) is 12.3. The van der Waals surface area contributed by atoms with E-state index in [1.807, 2.05) is 48.5 Å². The van der Waals surface area contributed by atoms with Gasteiger partial charge >= 0.3 is 0 Å². The van der Waals surface area contributed by atoms with Crippen molar-refractivity contribution in [3.8, 4) is 17.2 Å². The van der Waals surface area contributed by atoms with Crippen LogP contribution in [-0.2, 0) is 27.8 Å². The van der Waals surface area contributed by atoms with Gasteiger partial charge in [-0.2, -0.15) is 4.31 Å². The lowest BCUT2D eigenvalue weighted by Gasteiger charge is -2.35. The molecule has 212 valence electrons. The van der Waals surface area contributed by atoms with Crippen LogP contribution in [-0.4, -0.2) is 81.6 Å². The fraction of sp³-hybridized carbons (Fsp3) is 0.367. The molecule has 0 aromatic heterocycles. The molecule has 1 fully saturated rings. The minimum atomic E-state index is -3.91. The molecule has 0 N–H and O–H groups in total. The van der Waals surface area contributed by atoms with Crippen molar-refractivity contribution < 1.29 is 27.4 Å². The van der Waals surface area contributed by atoms with Gasteiger partial charge in [-0.25, -0.2) is 8.42 Å². The maximum Gasteiger partial charge on any atom is 0.243 e. The van der Waals surface area contributed by atoms with Crippen LogP contribution in [0.2, 0.25) is 0 Å². The van der Waals surface area contributed by atoms with Gasteiger partial charge in [-0.1, -0.05) is 36.4 Å². The topological polar surface area (TPSA) is 88.6 Å². The Morgan fingerprint density at radius 1 is 0.925 bits per heavy atom. The quantitative estimate of drug-likeness (QED) is 0.373. The van der Waals surface area contributed by atoms with Crippen molar-refractivity contribution in [1.82, 2.24) is 14.1 Å². The molecule has 10 heteroatoms. The summed E-state index contributed by atoms with van der Waals surface area (Å²) in [6.07, 6.45) is 0.506. The highest BCUT2D eigenvalue weighted by atomic mass is 32.2. The minimum Gasteiger partial charge on any atom is -0.496 e. The van der Waals surface area contributed by atoms with Crippen LogP contribution in [0.5, 0.6) is 17.2 Å². The van der Waals surface area contributed by atoms with E-state index in [0.717, 1.165) is 34.7 Å². The summed E-state index contributed by atoms with van der Waals surface area (Å²) in [6, 6.07) is 20.4. The lowest BCUT2D eigenvalue weighted by molar-refractivity contribution is -0.133. The summed E-state index contributed by atoms with van der Waals surface area (Å²) in [5.74, 6) is 1.94. The predicted molar refractivity (Wildman–Crippen MR) is 151 cm³/mol. The van der Waals surface area contributed by atoms with E-state index in [9.17, 15) is 13.2 Å². The fourth-order valence-corrected chi connectivity index (χ4v) is 6.52. The average molecular weight is 566 g/mol. The van der Waals surface area contributed by atoms with E-state index in [-0.39, 0.29) is 30.7 Å². The van der Waals surface area contributed by atoms with E-state index in [1.54, 1.807) is 31.1 Å². The summed E-state index contributed by atoms with van der Waals surface area (Å²) >= 11 is 0. The molecule has 9 nitrogen and oxygen atoms in total. The van der Waals surface area contributed by atoms with Gasteiger partial charge in [0.05, 0.1) is 18.6 Å². The van der Waals surface area contributed by atoms with E-state index in [2.05, 4.69) is 4.90 Å². The van der Waals surface area contributed by atoms with E-state index in [4.69, 9.17) is 14.2 Å². The molecule has 0 bridgehead atoms. The SMILES string of the molecule is COc1ccc(S(=O)(=O)N(CCc2ccccc2)CC(=O)N2CCN(Cc3ccc4c(c3)OCO4)CC2)cc1C. The minimum absolute atomic E-state index is 0.153. The molecule has 0 aliphatic carbocycles. The number of hydrogen-bond donors (Lipinski definition) is 0. The van der Waals surface area contributed by atoms with Crippen LogP contribution in [0.1, 0.15) is 16.7 Å². The van der Waals surface area contributed by atoms with Gasteiger partial charge in [0.2, 0.25) is 22.7 Å². The van der Waals surface area contributed by atoms with E-state index < -0.39 is 10.0 Å². The number of rotatable bonds is 10. The Kier molecular flexibility index (Phi) is 8.58. The third-order valence-corrected chi connectivity index (χ3v) is 9.22. The molecule has 5 rings (SSSR count). The molecule has 3 aromatic rings. The fourth-order valence-electron chi connectivity index (χ4n) is 5.05. The number of carbonyl (C=O) groups is 1. The molecule has 1 amide bonds. The highest BCUT2D eigenvalue weighted by Gasteiger charge is 2.30. The first kappa shape index (κ1) is 27.9. The average Bonchev–Trinajstić information content (AvgIpc) is 3.44. The van der Waals surface area contributed by atoms with Gasteiger partial charge in [-0.3, -0.25) is 9.69 Å². The van der Waals surface area contributed by atoms with Crippen LogP contribution in [0.15, 0.2) is 71.6 Å². The van der Waals surface area contributed by atoms with Crippen LogP contribution in [0.3, 0.4) is 0 Å². The lowest BCUT2D eigenvalue weighted by atomic mass is 10.1. The molecule has 0 spiro atoms. The third kappa shape index (κ3) is 6.41. The van der Waals surface area contributed by atoms with Gasteiger partial charge in [-0.05, 0) is 60.4 Å². The van der Waals surface area contributed by atoms with Gasteiger partial charge in [0.25, 0.3) is 0 Å². The van der Waals surface area contributed by atoms with Crippen LogP contribution in [0, 0.1) is 6.92 Å². The van der Waals surface area contributed by atoms with Crippen molar-refractivity contribution in [3.05, 3.63) is 83.4 Å². The summed E-state index contributed by atoms with van der Waals surface area (Å²) in [6.45, 7) is 5.28. The van der Waals surface area contributed by atoms with Crippen molar-refractivity contribution >= 4 is 15.9 Å². The van der Waals surface area contributed by atoms with Crippen molar-refractivity contribution in [3.63, 3.8) is 0 Å². The van der Waals surface area contributed by atoms with Crippen LogP contribution in [0.25, 0.3) is 0 Å². The number of nitrogens with zero attached hydrogens (tertiary/aromatic N) is 3. The smallest absolute Gasteiger partial charge is 0.243 e. The Balaban J connectivity index is 1.24. The van der Waals surface area contributed by atoms with Gasteiger partial charge in [-0.15, -0.1) is 0 Å². The Labute approximate surface area is 235 Å². The van der Waals surface area contributed by atoms with E-state index >= 15 is 0 Å². The number of ether oxygens (including phenoxy) is 3. The molecule has 0 atom stereocenters. The first-order valence-corrected chi connectivity index (χ1v) is 14.8. The van der Waals surface area contributed by atoms with Crippen LogP contribution < -0.4 is 14.2 Å². The zero-order valence-corrected chi connectivity index (χ0v) is 23.7. The molecular weight excluding hydrogens is 530 g/mol. The maximum atomic E-state index is 13.7.